The molecule has 1 aliphatic rings. The molecular formula is C26H25Br2N3O3. The van der Waals surface area contributed by atoms with E-state index in [1.807, 2.05) is 66.4 Å². The van der Waals surface area contributed by atoms with Gasteiger partial charge in [0.05, 0.1) is 17.1 Å². The molecule has 0 saturated carbocycles. The second-order valence-electron chi connectivity index (χ2n) is 8.06. The van der Waals surface area contributed by atoms with Crippen LogP contribution < -0.4 is 15.0 Å². The maximum Gasteiger partial charge on any atom is 0.259 e. The van der Waals surface area contributed by atoms with Crippen LogP contribution in [0.1, 0.15) is 26.3 Å². The standard InChI is InChI=1S/C26H25Br2N3O3/c1-17-5-3-4-6-21(17)26(33)31-13-11-30(12-14-31)20-9-7-19(8-10-20)29-25(32)22-15-18(27)16-23(28)24(22)34-2/h3-10,15-16H,11-14H2,1-2H3,(H,29,32). The van der Waals surface area contributed by atoms with Crippen molar-refractivity contribution in [1.29, 1.82) is 0 Å². The molecule has 3 aromatic rings. The fourth-order valence-corrected chi connectivity index (χ4v) is 5.43. The number of carbonyl (C=O) groups excluding carboxylic acids is 2. The first-order valence-corrected chi connectivity index (χ1v) is 12.5. The number of hydrogen-bond donors (Lipinski definition) is 1. The number of rotatable bonds is 5. The van der Waals surface area contributed by atoms with Crippen LogP contribution in [0.15, 0.2) is 69.6 Å². The van der Waals surface area contributed by atoms with Gasteiger partial charge in [-0.15, -0.1) is 0 Å². The average Bonchev–Trinajstić information content (AvgIpc) is 2.84. The highest BCUT2D eigenvalue weighted by molar-refractivity contribution is 9.11. The third kappa shape index (κ3) is 5.28. The van der Waals surface area contributed by atoms with Gasteiger partial charge < -0.3 is 19.9 Å². The number of ether oxygens (including phenoxy) is 1. The van der Waals surface area contributed by atoms with Crippen LogP contribution in [0.2, 0.25) is 0 Å². The lowest BCUT2D eigenvalue weighted by Crippen LogP contribution is -2.48. The zero-order chi connectivity index (χ0) is 24.2. The third-order valence-corrected chi connectivity index (χ3v) is 6.94. The Morgan fingerprint density at radius 2 is 1.59 bits per heavy atom. The highest BCUT2D eigenvalue weighted by atomic mass is 79.9. The minimum atomic E-state index is -0.255. The van der Waals surface area contributed by atoms with Crippen molar-refractivity contribution in [2.75, 3.05) is 43.5 Å². The Bertz CT molecular complexity index is 1210. The Hall–Kier alpha value is -2.84. The summed E-state index contributed by atoms with van der Waals surface area (Å²) in [5, 5.41) is 2.93. The largest absolute Gasteiger partial charge is 0.495 e. The number of hydrogen-bond acceptors (Lipinski definition) is 4. The zero-order valence-corrected chi connectivity index (χ0v) is 22.1. The summed E-state index contributed by atoms with van der Waals surface area (Å²) in [5.74, 6) is 0.316. The topological polar surface area (TPSA) is 61.9 Å². The van der Waals surface area contributed by atoms with Gasteiger partial charge in [0.15, 0.2) is 0 Å². The van der Waals surface area contributed by atoms with Gasteiger partial charge in [-0.1, -0.05) is 34.1 Å². The van der Waals surface area contributed by atoms with E-state index in [1.165, 1.54) is 7.11 Å². The first-order chi connectivity index (χ1) is 16.4. The molecule has 34 heavy (non-hydrogen) atoms. The molecule has 3 aromatic carbocycles. The lowest BCUT2D eigenvalue weighted by Gasteiger charge is -2.36. The minimum Gasteiger partial charge on any atom is -0.495 e. The SMILES string of the molecule is COc1c(Br)cc(Br)cc1C(=O)Nc1ccc(N2CCN(C(=O)c3ccccc3C)CC2)cc1. The molecule has 0 radical (unpaired) electrons. The van der Waals surface area contributed by atoms with Crippen molar-refractivity contribution < 1.29 is 14.3 Å². The van der Waals surface area contributed by atoms with Gasteiger partial charge in [0.1, 0.15) is 5.75 Å². The molecule has 2 amide bonds. The summed E-state index contributed by atoms with van der Waals surface area (Å²) < 4.78 is 6.86. The third-order valence-electron chi connectivity index (χ3n) is 5.89. The second-order valence-corrected chi connectivity index (χ2v) is 9.83. The van der Waals surface area contributed by atoms with Gasteiger partial charge >= 0.3 is 0 Å². The molecule has 0 atom stereocenters. The van der Waals surface area contributed by atoms with Gasteiger partial charge in [-0.05, 0) is 70.9 Å². The van der Waals surface area contributed by atoms with Crippen molar-refractivity contribution in [1.82, 2.24) is 4.90 Å². The second kappa shape index (κ2) is 10.6. The quantitative estimate of drug-likeness (QED) is 0.414. The number of carbonyl (C=O) groups is 2. The molecule has 0 aromatic heterocycles. The maximum atomic E-state index is 12.9. The molecule has 1 heterocycles. The summed E-state index contributed by atoms with van der Waals surface area (Å²) in [6.45, 7) is 4.82. The molecule has 4 rings (SSSR count). The van der Waals surface area contributed by atoms with Crippen molar-refractivity contribution >= 4 is 55.0 Å². The number of piperazine rings is 1. The number of nitrogens with one attached hydrogen (secondary N) is 1. The van der Waals surface area contributed by atoms with Gasteiger partial charge in [0.25, 0.3) is 11.8 Å². The monoisotopic (exact) mass is 585 g/mol. The number of benzene rings is 3. The van der Waals surface area contributed by atoms with E-state index in [4.69, 9.17) is 4.74 Å². The Morgan fingerprint density at radius 1 is 0.912 bits per heavy atom. The van der Waals surface area contributed by atoms with Crippen LogP contribution in [-0.2, 0) is 0 Å². The van der Waals surface area contributed by atoms with Gasteiger partial charge in [-0.3, -0.25) is 9.59 Å². The van der Waals surface area contributed by atoms with Gasteiger partial charge in [-0.2, -0.15) is 0 Å². The minimum absolute atomic E-state index is 0.0884. The summed E-state index contributed by atoms with van der Waals surface area (Å²) in [6.07, 6.45) is 0. The molecule has 6 nitrogen and oxygen atoms in total. The van der Waals surface area contributed by atoms with E-state index in [9.17, 15) is 9.59 Å². The van der Waals surface area contributed by atoms with Crippen molar-refractivity contribution in [2.24, 2.45) is 0 Å². The Morgan fingerprint density at radius 3 is 2.24 bits per heavy atom. The van der Waals surface area contributed by atoms with Crippen LogP contribution >= 0.6 is 31.9 Å². The smallest absolute Gasteiger partial charge is 0.259 e. The van der Waals surface area contributed by atoms with E-state index in [1.54, 1.807) is 6.07 Å². The van der Waals surface area contributed by atoms with Crippen LogP contribution in [0.3, 0.4) is 0 Å². The van der Waals surface area contributed by atoms with Crippen LogP contribution in [0.25, 0.3) is 0 Å². The fourth-order valence-electron chi connectivity index (χ4n) is 4.04. The van der Waals surface area contributed by atoms with Crippen LogP contribution in [0.4, 0.5) is 11.4 Å². The number of anilines is 2. The molecule has 1 aliphatic heterocycles. The normalized spacial score (nSPS) is 13.5. The number of aryl methyl sites for hydroxylation is 1. The van der Waals surface area contributed by atoms with E-state index >= 15 is 0 Å². The Labute approximate surface area is 216 Å². The van der Waals surface area contributed by atoms with E-state index in [2.05, 4.69) is 42.1 Å². The summed E-state index contributed by atoms with van der Waals surface area (Å²) in [6, 6.07) is 19.0. The molecular weight excluding hydrogens is 562 g/mol. The molecule has 0 aliphatic carbocycles. The van der Waals surface area contributed by atoms with Gasteiger partial charge in [0, 0.05) is 47.6 Å². The van der Waals surface area contributed by atoms with E-state index in [0.717, 1.165) is 34.4 Å². The lowest BCUT2D eigenvalue weighted by molar-refractivity contribution is 0.0746. The first-order valence-electron chi connectivity index (χ1n) is 10.9. The Balaban J connectivity index is 1.38. The van der Waals surface area contributed by atoms with E-state index in [-0.39, 0.29) is 11.8 Å². The Kier molecular flexibility index (Phi) is 7.58. The van der Waals surface area contributed by atoms with Crippen molar-refractivity contribution in [3.05, 3.63) is 86.3 Å². The zero-order valence-electron chi connectivity index (χ0n) is 19.0. The molecule has 8 heteroatoms. The first kappa shape index (κ1) is 24.3. The molecule has 0 unspecified atom stereocenters. The molecule has 1 saturated heterocycles. The molecule has 0 spiro atoms. The number of methoxy groups -OCH3 is 1. The molecule has 1 N–H and O–H groups in total. The number of nitrogens with zero attached hydrogens (tertiary/aromatic N) is 2. The average molecular weight is 587 g/mol. The summed E-state index contributed by atoms with van der Waals surface area (Å²) in [4.78, 5) is 29.9. The van der Waals surface area contributed by atoms with Gasteiger partial charge in [0.2, 0.25) is 0 Å². The van der Waals surface area contributed by atoms with Crippen LogP contribution in [0, 0.1) is 6.92 Å². The molecule has 1 fully saturated rings. The van der Waals surface area contributed by atoms with E-state index in [0.29, 0.717) is 34.6 Å². The molecule has 176 valence electrons. The predicted octanol–water partition coefficient (Wildman–Crippen LogP) is 5.74. The van der Waals surface area contributed by atoms with E-state index < -0.39 is 0 Å². The highest BCUT2D eigenvalue weighted by Crippen LogP contribution is 2.33. The van der Waals surface area contributed by atoms with Crippen molar-refractivity contribution in [3.63, 3.8) is 0 Å². The maximum absolute atomic E-state index is 12.9. The number of amides is 2. The van der Waals surface area contributed by atoms with Gasteiger partial charge in [-0.25, -0.2) is 0 Å². The highest BCUT2D eigenvalue weighted by Gasteiger charge is 2.23. The van der Waals surface area contributed by atoms with Crippen LogP contribution in [-0.4, -0.2) is 50.0 Å². The summed E-state index contributed by atoms with van der Waals surface area (Å²) in [7, 11) is 1.54. The number of halogens is 2. The molecule has 0 bridgehead atoms. The van der Waals surface area contributed by atoms with Crippen molar-refractivity contribution in [2.45, 2.75) is 6.92 Å². The predicted molar refractivity (Wildman–Crippen MR) is 142 cm³/mol. The summed E-state index contributed by atoms with van der Waals surface area (Å²) >= 11 is 6.85. The fraction of sp³-hybridized carbons (Fsp3) is 0.231. The lowest BCUT2D eigenvalue weighted by atomic mass is 10.1. The van der Waals surface area contributed by atoms with Crippen molar-refractivity contribution in [3.8, 4) is 5.75 Å². The van der Waals surface area contributed by atoms with Crippen LogP contribution in [0.5, 0.6) is 5.75 Å². The summed E-state index contributed by atoms with van der Waals surface area (Å²) in [5.41, 5.74) is 3.96.